The highest BCUT2D eigenvalue weighted by Crippen LogP contribution is 2.23. The van der Waals surface area contributed by atoms with Gasteiger partial charge in [-0.3, -0.25) is 9.36 Å². The van der Waals surface area contributed by atoms with Gasteiger partial charge in [-0.05, 0) is 44.4 Å². The fourth-order valence-corrected chi connectivity index (χ4v) is 3.80. The Bertz CT molecular complexity index is 830. The number of benzene rings is 1. The van der Waals surface area contributed by atoms with E-state index in [9.17, 15) is 14.0 Å². The summed E-state index contributed by atoms with van der Waals surface area (Å²) in [5.41, 5.74) is 0.511. The maximum absolute atomic E-state index is 13.0. The number of hydrogen-bond acceptors (Lipinski definition) is 5. The predicted molar refractivity (Wildman–Crippen MR) is 100 cm³/mol. The van der Waals surface area contributed by atoms with Crippen LogP contribution in [0.1, 0.15) is 38.3 Å². The van der Waals surface area contributed by atoms with Crippen LogP contribution in [0.3, 0.4) is 0 Å². The average Bonchev–Trinajstić information content (AvgIpc) is 3.27. The number of ether oxygens (including phenoxy) is 1. The summed E-state index contributed by atoms with van der Waals surface area (Å²) in [6.07, 6.45) is 1.90. The Labute approximate surface area is 160 Å². The van der Waals surface area contributed by atoms with Gasteiger partial charge in [0.05, 0.1) is 23.9 Å². The van der Waals surface area contributed by atoms with Gasteiger partial charge in [-0.25, -0.2) is 14.3 Å². The number of thioether (sulfide) groups is 1. The van der Waals surface area contributed by atoms with Crippen molar-refractivity contribution in [1.29, 1.82) is 0 Å². The smallest absolute Gasteiger partial charge is 0.344 e. The van der Waals surface area contributed by atoms with E-state index in [-0.39, 0.29) is 29.6 Å². The molecule has 1 saturated heterocycles. The monoisotopic (exact) mass is 394 g/mol. The lowest BCUT2D eigenvalue weighted by molar-refractivity contribution is -0.120. The van der Waals surface area contributed by atoms with E-state index >= 15 is 0 Å². The van der Waals surface area contributed by atoms with Gasteiger partial charge >= 0.3 is 5.69 Å². The van der Waals surface area contributed by atoms with Crippen molar-refractivity contribution in [2.45, 2.75) is 55.8 Å². The highest BCUT2D eigenvalue weighted by atomic mass is 32.2. The number of rotatable bonds is 7. The number of nitrogens with one attached hydrogen (secondary N) is 2. The van der Waals surface area contributed by atoms with Crippen molar-refractivity contribution in [2.75, 3.05) is 6.61 Å². The first-order chi connectivity index (χ1) is 12.9. The van der Waals surface area contributed by atoms with Crippen molar-refractivity contribution in [2.24, 2.45) is 0 Å². The summed E-state index contributed by atoms with van der Waals surface area (Å²) in [6, 6.07) is 5.76. The quantitative estimate of drug-likeness (QED) is 0.703. The van der Waals surface area contributed by atoms with Crippen LogP contribution in [-0.4, -0.2) is 38.6 Å². The van der Waals surface area contributed by atoms with Crippen LogP contribution in [0.25, 0.3) is 0 Å². The molecule has 1 aromatic carbocycles. The minimum Gasteiger partial charge on any atom is -0.376 e. The van der Waals surface area contributed by atoms with E-state index in [1.165, 1.54) is 28.5 Å². The SMILES string of the molecule is C[C@H](NC(=O)[C@@H](C)Sc1n[nH]c(=O)n1C[C@@H]1CCCO1)c1ccc(F)cc1. The van der Waals surface area contributed by atoms with Gasteiger partial charge in [0.15, 0.2) is 5.16 Å². The Kier molecular flexibility index (Phi) is 6.33. The number of H-pyrrole nitrogens is 1. The molecule has 27 heavy (non-hydrogen) atoms. The predicted octanol–water partition coefficient (Wildman–Crippen LogP) is 2.25. The van der Waals surface area contributed by atoms with Gasteiger partial charge in [0.25, 0.3) is 0 Å². The number of amides is 1. The lowest BCUT2D eigenvalue weighted by atomic mass is 10.1. The van der Waals surface area contributed by atoms with Gasteiger partial charge in [0, 0.05) is 6.61 Å². The van der Waals surface area contributed by atoms with E-state index in [1.807, 2.05) is 6.92 Å². The molecule has 1 aliphatic rings. The summed E-state index contributed by atoms with van der Waals surface area (Å²) >= 11 is 1.22. The van der Waals surface area contributed by atoms with Crippen LogP contribution in [0.5, 0.6) is 0 Å². The molecular formula is C18H23FN4O3S. The Morgan fingerprint density at radius 1 is 1.44 bits per heavy atom. The van der Waals surface area contributed by atoms with Crippen molar-refractivity contribution in [3.05, 3.63) is 46.1 Å². The van der Waals surface area contributed by atoms with E-state index in [1.54, 1.807) is 19.1 Å². The van der Waals surface area contributed by atoms with E-state index < -0.39 is 5.25 Å². The molecule has 0 radical (unpaired) electrons. The standard InChI is InChI=1S/C18H23FN4O3S/c1-11(13-5-7-14(19)8-6-13)20-16(24)12(2)27-18-22-21-17(25)23(18)10-15-4-3-9-26-15/h5-8,11-12,15H,3-4,9-10H2,1-2H3,(H,20,24)(H,21,25)/t11-,12+,15-/m0/s1. The third-order valence-corrected chi connectivity index (χ3v) is 5.60. The lowest BCUT2D eigenvalue weighted by Gasteiger charge is -2.18. The first kappa shape index (κ1) is 19.6. The van der Waals surface area contributed by atoms with Gasteiger partial charge in [0.2, 0.25) is 5.91 Å². The summed E-state index contributed by atoms with van der Waals surface area (Å²) in [6.45, 7) is 4.73. The fourth-order valence-electron chi connectivity index (χ4n) is 2.92. The molecule has 0 aliphatic carbocycles. The minimum atomic E-state index is -0.452. The molecule has 0 unspecified atom stereocenters. The van der Waals surface area contributed by atoms with Crippen LogP contribution in [0.15, 0.2) is 34.2 Å². The summed E-state index contributed by atoms with van der Waals surface area (Å²) in [4.78, 5) is 24.5. The van der Waals surface area contributed by atoms with Gasteiger partial charge in [-0.15, -0.1) is 5.10 Å². The largest absolute Gasteiger partial charge is 0.376 e. The molecule has 2 N–H and O–H groups in total. The second-order valence-electron chi connectivity index (χ2n) is 6.60. The molecule has 1 fully saturated rings. The molecular weight excluding hydrogens is 371 g/mol. The molecule has 9 heteroatoms. The highest BCUT2D eigenvalue weighted by molar-refractivity contribution is 8.00. The van der Waals surface area contributed by atoms with Crippen LogP contribution < -0.4 is 11.0 Å². The van der Waals surface area contributed by atoms with E-state index in [2.05, 4.69) is 15.5 Å². The number of hydrogen-bond donors (Lipinski definition) is 2. The van der Waals surface area contributed by atoms with E-state index in [4.69, 9.17) is 4.74 Å². The molecule has 2 heterocycles. The maximum atomic E-state index is 13.0. The summed E-state index contributed by atoms with van der Waals surface area (Å²) in [5.74, 6) is -0.500. The van der Waals surface area contributed by atoms with E-state index in [0.717, 1.165) is 18.4 Å². The highest BCUT2D eigenvalue weighted by Gasteiger charge is 2.23. The summed E-state index contributed by atoms with van der Waals surface area (Å²) in [7, 11) is 0. The van der Waals surface area contributed by atoms with Gasteiger partial charge in [-0.1, -0.05) is 23.9 Å². The second-order valence-corrected chi connectivity index (χ2v) is 7.91. The molecule has 1 aromatic heterocycles. The van der Waals surface area contributed by atoms with Crippen molar-refractivity contribution >= 4 is 17.7 Å². The topological polar surface area (TPSA) is 89.0 Å². The third-order valence-electron chi connectivity index (χ3n) is 4.51. The van der Waals surface area contributed by atoms with Crippen LogP contribution in [-0.2, 0) is 16.1 Å². The molecule has 3 atom stereocenters. The number of aromatic nitrogens is 3. The zero-order valence-electron chi connectivity index (χ0n) is 15.3. The van der Waals surface area contributed by atoms with Crippen molar-refractivity contribution < 1.29 is 13.9 Å². The summed E-state index contributed by atoms with van der Waals surface area (Å²) < 4.78 is 20.1. The number of carbonyl (C=O) groups excluding carboxylic acids is 1. The molecule has 1 aliphatic heterocycles. The number of halogens is 1. The zero-order valence-corrected chi connectivity index (χ0v) is 16.1. The Morgan fingerprint density at radius 2 is 2.19 bits per heavy atom. The average molecular weight is 394 g/mol. The van der Waals surface area contributed by atoms with Crippen molar-refractivity contribution in [1.82, 2.24) is 20.1 Å². The molecule has 0 bridgehead atoms. The Balaban J connectivity index is 1.61. The Morgan fingerprint density at radius 3 is 2.85 bits per heavy atom. The van der Waals surface area contributed by atoms with Gasteiger partial charge in [-0.2, -0.15) is 0 Å². The second kappa shape index (κ2) is 8.71. The summed E-state index contributed by atoms with van der Waals surface area (Å²) in [5, 5.41) is 9.40. The maximum Gasteiger partial charge on any atom is 0.344 e. The molecule has 2 aromatic rings. The molecule has 0 spiro atoms. The molecule has 7 nitrogen and oxygen atoms in total. The molecule has 1 amide bonds. The van der Waals surface area contributed by atoms with Crippen LogP contribution in [0.4, 0.5) is 4.39 Å². The van der Waals surface area contributed by atoms with Crippen molar-refractivity contribution in [3.63, 3.8) is 0 Å². The minimum absolute atomic E-state index is 0.00211. The number of nitrogens with zero attached hydrogens (tertiary/aromatic N) is 2. The number of carbonyl (C=O) groups is 1. The van der Waals surface area contributed by atoms with Crippen LogP contribution in [0.2, 0.25) is 0 Å². The number of aromatic amines is 1. The van der Waals surface area contributed by atoms with E-state index in [0.29, 0.717) is 18.3 Å². The van der Waals surface area contributed by atoms with Crippen molar-refractivity contribution in [3.8, 4) is 0 Å². The van der Waals surface area contributed by atoms with Gasteiger partial charge < -0.3 is 10.1 Å². The normalized spacial score (nSPS) is 19.0. The molecule has 146 valence electrons. The lowest BCUT2D eigenvalue weighted by Crippen LogP contribution is -2.33. The molecule has 3 rings (SSSR count). The molecule has 0 saturated carbocycles. The van der Waals surface area contributed by atoms with Crippen LogP contribution in [0, 0.1) is 5.82 Å². The van der Waals surface area contributed by atoms with Gasteiger partial charge in [0.1, 0.15) is 5.82 Å². The third kappa shape index (κ3) is 4.98. The first-order valence-corrected chi connectivity index (χ1v) is 9.81. The zero-order chi connectivity index (χ0) is 19.4. The Hall–Kier alpha value is -2.13. The fraction of sp³-hybridized carbons (Fsp3) is 0.500. The van der Waals surface area contributed by atoms with Crippen LogP contribution >= 0.6 is 11.8 Å². The first-order valence-electron chi connectivity index (χ1n) is 8.93.